The van der Waals surface area contributed by atoms with Gasteiger partial charge in [-0.05, 0) is 19.3 Å². The summed E-state index contributed by atoms with van der Waals surface area (Å²) < 4.78 is 16.8. The molecule has 1 saturated carbocycles. The van der Waals surface area contributed by atoms with Crippen LogP contribution in [-0.4, -0.2) is 46.9 Å². The van der Waals surface area contributed by atoms with Gasteiger partial charge in [-0.2, -0.15) is 0 Å². The highest BCUT2D eigenvalue weighted by Gasteiger charge is 2.70. The van der Waals surface area contributed by atoms with Gasteiger partial charge in [-0.25, -0.2) is 0 Å². The van der Waals surface area contributed by atoms with Gasteiger partial charge in [0.15, 0.2) is 0 Å². The molecule has 0 spiro atoms. The SMILES string of the molecule is CS(=O)CCCNC(=O)C1(N)C2CCCOC2C1(C)C. The first-order valence-corrected chi connectivity index (χ1v) is 9.03. The zero-order valence-electron chi connectivity index (χ0n) is 12.6. The van der Waals surface area contributed by atoms with Gasteiger partial charge in [0.05, 0.1) is 6.10 Å². The molecule has 0 aromatic rings. The number of carbonyl (C=O) groups excluding carboxylic acids is 1. The van der Waals surface area contributed by atoms with Gasteiger partial charge in [0.25, 0.3) is 0 Å². The summed E-state index contributed by atoms with van der Waals surface area (Å²) in [6.45, 7) is 5.33. The van der Waals surface area contributed by atoms with Crippen molar-refractivity contribution >= 4 is 16.7 Å². The van der Waals surface area contributed by atoms with Gasteiger partial charge < -0.3 is 15.8 Å². The lowest BCUT2D eigenvalue weighted by Gasteiger charge is -2.65. The van der Waals surface area contributed by atoms with Crippen LogP contribution >= 0.6 is 0 Å². The van der Waals surface area contributed by atoms with Crippen LogP contribution in [0.5, 0.6) is 0 Å². The Labute approximate surface area is 123 Å². The Hall–Kier alpha value is -0.460. The van der Waals surface area contributed by atoms with E-state index in [4.69, 9.17) is 10.5 Å². The summed E-state index contributed by atoms with van der Waals surface area (Å²) in [5.74, 6) is 0.638. The number of fused-ring (bicyclic) bond motifs is 1. The smallest absolute Gasteiger partial charge is 0.241 e. The predicted octanol–water partition coefficient (Wildman–Crippen LogP) is 0.404. The van der Waals surface area contributed by atoms with Crippen molar-refractivity contribution in [3.63, 3.8) is 0 Å². The van der Waals surface area contributed by atoms with E-state index in [1.54, 1.807) is 6.26 Å². The van der Waals surface area contributed by atoms with Crippen LogP contribution in [0.2, 0.25) is 0 Å². The van der Waals surface area contributed by atoms with Gasteiger partial charge in [0.1, 0.15) is 5.54 Å². The van der Waals surface area contributed by atoms with Crippen molar-refractivity contribution in [2.75, 3.05) is 25.2 Å². The number of nitrogens with two attached hydrogens (primary N) is 1. The summed E-state index contributed by atoms with van der Waals surface area (Å²) in [5, 5.41) is 2.92. The summed E-state index contributed by atoms with van der Waals surface area (Å²) in [6.07, 6.45) is 4.41. The highest BCUT2D eigenvalue weighted by atomic mass is 32.2. The summed E-state index contributed by atoms with van der Waals surface area (Å²) in [7, 11) is -0.814. The summed E-state index contributed by atoms with van der Waals surface area (Å²) in [4.78, 5) is 12.5. The topological polar surface area (TPSA) is 81.4 Å². The van der Waals surface area contributed by atoms with E-state index in [1.165, 1.54) is 0 Å². The van der Waals surface area contributed by atoms with Crippen molar-refractivity contribution in [3.05, 3.63) is 0 Å². The molecule has 20 heavy (non-hydrogen) atoms. The Balaban J connectivity index is 1.95. The fourth-order valence-corrected chi connectivity index (χ4v) is 4.21. The maximum atomic E-state index is 12.5. The molecule has 6 heteroatoms. The molecule has 4 unspecified atom stereocenters. The van der Waals surface area contributed by atoms with Crippen LogP contribution in [0.3, 0.4) is 0 Å². The average molecular weight is 302 g/mol. The van der Waals surface area contributed by atoms with E-state index >= 15 is 0 Å². The van der Waals surface area contributed by atoms with E-state index in [9.17, 15) is 9.00 Å². The van der Waals surface area contributed by atoms with Crippen molar-refractivity contribution < 1.29 is 13.7 Å². The highest BCUT2D eigenvalue weighted by molar-refractivity contribution is 7.84. The van der Waals surface area contributed by atoms with E-state index < -0.39 is 16.3 Å². The molecular formula is C14H26N2O3S. The summed E-state index contributed by atoms with van der Waals surface area (Å²) in [5.41, 5.74) is 5.29. The first-order valence-electron chi connectivity index (χ1n) is 7.30. The number of hydrogen-bond donors (Lipinski definition) is 2. The molecule has 1 heterocycles. The molecule has 0 radical (unpaired) electrons. The fraction of sp³-hybridized carbons (Fsp3) is 0.929. The fourth-order valence-electron chi connectivity index (χ4n) is 3.66. The maximum absolute atomic E-state index is 12.5. The number of amides is 1. The highest BCUT2D eigenvalue weighted by Crippen LogP contribution is 2.57. The van der Waals surface area contributed by atoms with E-state index in [-0.39, 0.29) is 23.3 Å². The summed E-state index contributed by atoms with van der Waals surface area (Å²) in [6, 6.07) is 0. The number of nitrogens with one attached hydrogen (secondary N) is 1. The molecule has 1 aliphatic heterocycles. The zero-order valence-corrected chi connectivity index (χ0v) is 13.4. The lowest BCUT2D eigenvalue weighted by Crippen LogP contribution is -2.82. The normalized spacial score (nSPS) is 36.6. The van der Waals surface area contributed by atoms with Crippen LogP contribution < -0.4 is 11.1 Å². The average Bonchev–Trinajstić information content (AvgIpc) is 2.42. The molecule has 1 saturated heterocycles. The summed E-state index contributed by atoms with van der Waals surface area (Å²) >= 11 is 0. The molecule has 2 fully saturated rings. The standard InChI is InChI=1S/C14H26N2O3S/c1-13(2)11-10(6-4-8-19-11)14(13,15)12(17)16-7-5-9-20(3)18/h10-11H,4-9,15H2,1-3H3,(H,16,17). The van der Waals surface area contributed by atoms with Crippen LogP contribution in [0, 0.1) is 11.3 Å². The molecule has 0 aromatic heterocycles. The van der Waals surface area contributed by atoms with Gasteiger partial charge in [0.2, 0.25) is 5.91 Å². The number of ether oxygens (including phenoxy) is 1. The van der Waals surface area contributed by atoms with Crippen molar-refractivity contribution in [1.29, 1.82) is 0 Å². The predicted molar refractivity (Wildman–Crippen MR) is 79.7 cm³/mol. The van der Waals surface area contributed by atoms with Gasteiger partial charge >= 0.3 is 0 Å². The molecule has 1 aliphatic carbocycles. The molecule has 0 bridgehead atoms. The zero-order chi connectivity index (χ0) is 15.0. The molecule has 3 N–H and O–H groups in total. The Morgan fingerprint density at radius 3 is 2.85 bits per heavy atom. The van der Waals surface area contributed by atoms with Crippen LogP contribution in [0.1, 0.15) is 33.1 Å². The Bertz CT molecular complexity index is 413. The molecule has 116 valence electrons. The van der Waals surface area contributed by atoms with Crippen LogP contribution in [-0.2, 0) is 20.3 Å². The molecule has 2 aliphatic rings. The third kappa shape index (κ3) is 2.42. The molecule has 0 aromatic carbocycles. The van der Waals surface area contributed by atoms with Crippen molar-refractivity contribution in [3.8, 4) is 0 Å². The molecule has 4 atom stereocenters. The van der Waals surface area contributed by atoms with Crippen LogP contribution in [0.4, 0.5) is 0 Å². The lowest BCUT2D eigenvalue weighted by atomic mass is 9.46. The number of rotatable bonds is 5. The molecule has 2 rings (SSSR count). The lowest BCUT2D eigenvalue weighted by molar-refractivity contribution is -0.225. The minimum Gasteiger partial charge on any atom is -0.377 e. The second kappa shape index (κ2) is 5.73. The quantitative estimate of drug-likeness (QED) is 0.721. The van der Waals surface area contributed by atoms with Gasteiger partial charge in [-0.1, -0.05) is 13.8 Å². The van der Waals surface area contributed by atoms with Crippen molar-refractivity contribution in [2.45, 2.75) is 44.8 Å². The molecule has 1 amide bonds. The van der Waals surface area contributed by atoms with E-state index in [0.717, 1.165) is 25.9 Å². The van der Waals surface area contributed by atoms with Crippen LogP contribution in [0.25, 0.3) is 0 Å². The van der Waals surface area contributed by atoms with E-state index in [2.05, 4.69) is 5.32 Å². The second-order valence-electron chi connectivity index (χ2n) is 6.52. The third-order valence-corrected chi connectivity index (χ3v) is 5.82. The minimum absolute atomic E-state index is 0.0869. The van der Waals surface area contributed by atoms with Crippen LogP contribution in [0.15, 0.2) is 0 Å². The van der Waals surface area contributed by atoms with Gasteiger partial charge in [0, 0.05) is 47.3 Å². The van der Waals surface area contributed by atoms with Crippen molar-refractivity contribution in [2.24, 2.45) is 17.1 Å². The Kier molecular flexibility index (Phi) is 4.56. The first kappa shape index (κ1) is 15.9. The third-order valence-electron chi connectivity index (χ3n) is 4.95. The van der Waals surface area contributed by atoms with Gasteiger partial charge in [-0.3, -0.25) is 9.00 Å². The van der Waals surface area contributed by atoms with E-state index in [0.29, 0.717) is 12.3 Å². The van der Waals surface area contributed by atoms with Gasteiger partial charge in [-0.15, -0.1) is 0 Å². The first-order chi connectivity index (χ1) is 9.31. The van der Waals surface area contributed by atoms with E-state index in [1.807, 2.05) is 13.8 Å². The maximum Gasteiger partial charge on any atom is 0.241 e. The molecule has 5 nitrogen and oxygen atoms in total. The Morgan fingerprint density at radius 2 is 2.20 bits per heavy atom. The Morgan fingerprint density at radius 1 is 1.50 bits per heavy atom. The monoisotopic (exact) mass is 302 g/mol. The number of hydrogen-bond acceptors (Lipinski definition) is 4. The number of carbonyl (C=O) groups is 1. The molecular weight excluding hydrogens is 276 g/mol. The largest absolute Gasteiger partial charge is 0.377 e. The second-order valence-corrected chi connectivity index (χ2v) is 8.07. The van der Waals surface area contributed by atoms with Crippen molar-refractivity contribution in [1.82, 2.24) is 5.32 Å². The minimum atomic E-state index is -0.844.